The molecule has 0 N–H and O–H groups in total. The predicted molar refractivity (Wildman–Crippen MR) is 114 cm³/mol. The summed E-state index contributed by atoms with van der Waals surface area (Å²) in [4.78, 5) is 14.8. The standard InChI is InChI=1S/C25H22N2O2/c1-2-29-24-12-11-19(22-9-5-6-10-23(22)24)15-21(16-26)25(28)27-14-13-18-7-3-4-8-20(18)17-27/h3-12,15H,2,13-14,17H2,1H3/b21-15+. The highest BCUT2D eigenvalue weighted by Crippen LogP contribution is 2.30. The van der Waals surface area contributed by atoms with Crippen molar-refractivity contribution < 1.29 is 9.53 Å². The molecule has 4 heteroatoms. The van der Waals surface area contributed by atoms with Gasteiger partial charge in [-0.15, -0.1) is 0 Å². The summed E-state index contributed by atoms with van der Waals surface area (Å²) < 4.78 is 5.72. The molecule has 0 aliphatic carbocycles. The molecular formula is C25H22N2O2. The number of nitrogens with zero attached hydrogens (tertiary/aromatic N) is 2. The number of rotatable bonds is 4. The third kappa shape index (κ3) is 3.72. The summed E-state index contributed by atoms with van der Waals surface area (Å²) >= 11 is 0. The molecule has 29 heavy (non-hydrogen) atoms. The summed E-state index contributed by atoms with van der Waals surface area (Å²) in [6.45, 7) is 3.69. The summed E-state index contributed by atoms with van der Waals surface area (Å²) in [7, 11) is 0. The lowest BCUT2D eigenvalue weighted by Gasteiger charge is -2.28. The molecule has 4 nitrogen and oxygen atoms in total. The van der Waals surface area contributed by atoms with Crippen molar-refractivity contribution in [1.29, 1.82) is 5.26 Å². The van der Waals surface area contributed by atoms with E-state index in [4.69, 9.17) is 4.74 Å². The summed E-state index contributed by atoms with van der Waals surface area (Å²) in [5, 5.41) is 11.6. The van der Waals surface area contributed by atoms with E-state index in [1.807, 2.05) is 61.5 Å². The van der Waals surface area contributed by atoms with Crippen LogP contribution in [0.3, 0.4) is 0 Å². The first-order valence-corrected chi connectivity index (χ1v) is 9.83. The quantitative estimate of drug-likeness (QED) is 0.484. The summed E-state index contributed by atoms with van der Waals surface area (Å²) in [5.41, 5.74) is 3.41. The Kier molecular flexibility index (Phi) is 5.31. The Bertz CT molecular complexity index is 1140. The molecule has 1 heterocycles. The summed E-state index contributed by atoms with van der Waals surface area (Å²) in [6.07, 6.45) is 2.51. The Labute approximate surface area is 170 Å². The molecule has 0 saturated heterocycles. The van der Waals surface area contributed by atoms with Crippen molar-refractivity contribution in [3.63, 3.8) is 0 Å². The molecule has 0 atom stereocenters. The average molecular weight is 382 g/mol. The molecule has 0 saturated carbocycles. The number of benzene rings is 3. The maximum Gasteiger partial charge on any atom is 0.264 e. The molecular weight excluding hydrogens is 360 g/mol. The summed E-state index contributed by atoms with van der Waals surface area (Å²) in [6, 6.07) is 22.0. The molecule has 1 aliphatic rings. The van der Waals surface area contributed by atoms with E-state index in [0.29, 0.717) is 19.7 Å². The zero-order valence-electron chi connectivity index (χ0n) is 16.4. The van der Waals surface area contributed by atoms with Gasteiger partial charge in [0, 0.05) is 18.5 Å². The molecule has 0 unspecified atom stereocenters. The van der Waals surface area contributed by atoms with Crippen LogP contribution in [0.15, 0.2) is 66.2 Å². The minimum Gasteiger partial charge on any atom is -0.493 e. The third-order valence-electron chi connectivity index (χ3n) is 5.29. The van der Waals surface area contributed by atoms with Crippen LogP contribution in [0.2, 0.25) is 0 Å². The van der Waals surface area contributed by atoms with Crippen LogP contribution in [0.4, 0.5) is 0 Å². The SMILES string of the molecule is CCOc1ccc(/C=C(\C#N)C(=O)N2CCc3ccccc3C2)c2ccccc12. The van der Waals surface area contributed by atoms with Gasteiger partial charge in [0.05, 0.1) is 6.61 Å². The molecule has 0 fully saturated rings. The van der Waals surface area contributed by atoms with Gasteiger partial charge in [-0.3, -0.25) is 4.79 Å². The topological polar surface area (TPSA) is 53.3 Å². The first-order valence-electron chi connectivity index (χ1n) is 9.83. The van der Waals surface area contributed by atoms with Gasteiger partial charge in [-0.2, -0.15) is 5.26 Å². The lowest BCUT2D eigenvalue weighted by atomic mass is 9.98. The number of amides is 1. The largest absolute Gasteiger partial charge is 0.493 e. The third-order valence-corrected chi connectivity index (χ3v) is 5.29. The number of ether oxygens (including phenoxy) is 1. The van der Waals surface area contributed by atoms with Gasteiger partial charge in [0.2, 0.25) is 0 Å². The number of nitriles is 1. The highest BCUT2D eigenvalue weighted by molar-refractivity contribution is 6.04. The van der Waals surface area contributed by atoms with Gasteiger partial charge < -0.3 is 9.64 Å². The average Bonchev–Trinajstić information content (AvgIpc) is 2.78. The number of hydrogen-bond donors (Lipinski definition) is 0. The number of fused-ring (bicyclic) bond motifs is 2. The highest BCUT2D eigenvalue weighted by atomic mass is 16.5. The van der Waals surface area contributed by atoms with E-state index in [2.05, 4.69) is 12.1 Å². The van der Waals surface area contributed by atoms with Gasteiger partial charge in [-0.1, -0.05) is 54.6 Å². The number of carbonyl (C=O) groups is 1. The number of carbonyl (C=O) groups excluding carboxylic acids is 1. The van der Waals surface area contributed by atoms with E-state index < -0.39 is 0 Å². The van der Waals surface area contributed by atoms with Crippen molar-refractivity contribution in [2.75, 3.05) is 13.2 Å². The van der Waals surface area contributed by atoms with Crippen molar-refractivity contribution >= 4 is 22.8 Å². The van der Waals surface area contributed by atoms with Gasteiger partial charge in [0.25, 0.3) is 5.91 Å². The van der Waals surface area contributed by atoms with E-state index >= 15 is 0 Å². The van der Waals surface area contributed by atoms with Crippen LogP contribution in [0, 0.1) is 11.3 Å². The first-order chi connectivity index (χ1) is 14.2. The monoisotopic (exact) mass is 382 g/mol. The highest BCUT2D eigenvalue weighted by Gasteiger charge is 2.23. The van der Waals surface area contributed by atoms with E-state index in [1.54, 1.807) is 11.0 Å². The van der Waals surface area contributed by atoms with Gasteiger partial charge in [0.15, 0.2) is 0 Å². The smallest absolute Gasteiger partial charge is 0.264 e. The second-order valence-corrected chi connectivity index (χ2v) is 7.05. The van der Waals surface area contributed by atoms with Crippen molar-refractivity contribution in [3.05, 3.63) is 82.9 Å². The first kappa shape index (κ1) is 18.8. The fourth-order valence-electron chi connectivity index (χ4n) is 3.84. The Morgan fingerprint density at radius 1 is 1.07 bits per heavy atom. The predicted octanol–water partition coefficient (Wildman–Crippen LogP) is 4.73. The lowest BCUT2D eigenvalue weighted by molar-refractivity contribution is -0.127. The molecule has 3 aromatic rings. The lowest BCUT2D eigenvalue weighted by Crippen LogP contribution is -2.36. The van der Waals surface area contributed by atoms with E-state index in [9.17, 15) is 10.1 Å². The Morgan fingerprint density at radius 3 is 2.55 bits per heavy atom. The molecule has 4 rings (SSSR count). The molecule has 0 bridgehead atoms. The molecule has 0 aromatic heterocycles. The zero-order chi connectivity index (χ0) is 20.2. The Balaban J connectivity index is 1.67. The van der Waals surface area contributed by atoms with Crippen LogP contribution in [0.5, 0.6) is 5.75 Å². The maximum atomic E-state index is 13.1. The van der Waals surface area contributed by atoms with E-state index in [1.165, 1.54) is 5.56 Å². The molecule has 144 valence electrons. The Morgan fingerprint density at radius 2 is 1.79 bits per heavy atom. The van der Waals surface area contributed by atoms with Crippen molar-refractivity contribution in [1.82, 2.24) is 4.90 Å². The minimum atomic E-state index is -0.222. The van der Waals surface area contributed by atoms with Crippen LogP contribution in [0.25, 0.3) is 16.8 Å². The molecule has 1 amide bonds. The summed E-state index contributed by atoms with van der Waals surface area (Å²) in [5.74, 6) is 0.581. The van der Waals surface area contributed by atoms with Crippen molar-refractivity contribution in [2.24, 2.45) is 0 Å². The zero-order valence-corrected chi connectivity index (χ0v) is 16.4. The van der Waals surface area contributed by atoms with Crippen molar-refractivity contribution in [2.45, 2.75) is 19.9 Å². The molecule has 0 spiro atoms. The second-order valence-electron chi connectivity index (χ2n) is 7.05. The minimum absolute atomic E-state index is 0.152. The Hall–Kier alpha value is -3.58. The van der Waals surface area contributed by atoms with Crippen LogP contribution in [0.1, 0.15) is 23.6 Å². The van der Waals surface area contributed by atoms with Gasteiger partial charge >= 0.3 is 0 Å². The van der Waals surface area contributed by atoms with Gasteiger partial charge in [-0.05, 0) is 47.6 Å². The second kappa shape index (κ2) is 8.20. The van der Waals surface area contributed by atoms with E-state index in [-0.39, 0.29) is 11.5 Å². The fraction of sp³-hybridized carbons (Fsp3) is 0.200. The molecule has 3 aromatic carbocycles. The maximum absolute atomic E-state index is 13.1. The van der Waals surface area contributed by atoms with Crippen LogP contribution in [-0.2, 0) is 17.8 Å². The van der Waals surface area contributed by atoms with Gasteiger partial charge in [0.1, 0.15) is 17.4 Å². The van der Waals surface area contributed by atoms with Crippen LogP contribution < -0.4 is 4.74 Å². The molecule has 1 aliphatic heterocycles. The fourth-order valence-corrected chi connectivity index (χ4v) is 3.84. The van der Waals surface area contributed by atoms with E-state index in [0.717, 1.165) is 34.1 Å². The normalized spacial score (nSPS) is 13.7. The van der Waals surface area contributed by atoms with Gasteiger partial charge in [-0.25, -0.2) is 0 Å². The van der Waals surface area contributed by atoms with Crippen LogP contribution in [-0.4, -0.2) is 24.0 Å². The molecule has 0 radical (unpaired) electrons. The number of hydrogen-bond acceptors (Lipinski definition) is 3. The van der Waals surface area contributed by atoms with Crippen LogP contribution >= 0.6 is 0 Å². The van der Waals surface area contributed by atoms with Crippen molar-refractivity contribution in [3.8, 4) is 11.8 Å².